The maximum atomic E-state index is 3.70. The summed E-state index contributed by atoms with van der Waals surface area (Å²) < 4.78 is 0. The molecule has 0 radical (unpaired) electrons. The van der Waals surface area contributed by atoms with Gasteiger partial charge >= 0.3 is 0 Å². The van der Waals surface area contributed by atoms with Crippen molar-refractivity contribution in [2.45, 2.75) is 37.1 Å². The number of piperazine rings is 1. The lowest BCUT2D eigenvalue weighted by atomic mass is 9.95. The Balaban J connectivity index is 1.61. The minimum absolute atomic E-state index is 0.679. The number of rotatable bonds is 4. The van der Waals surface area contributed by atoms with E-state index in [2.05, 4.69) is 48.3 Å². The molecule has 0 saturated carbocycles. The predicted octanol–water partition coefficient (Wildman–Crippen LogP) is 3.20. The summed E-state index contributed by atoms with van der Waals surface area (Å²) in [7, 11) is 0. The highest BCUT2D eigenvalue weighted by molar-refractivity contribution is 7.99. The SMILES string of the molecule is CCC(C)C1CN(CC2CSc3ccccc32)CCN1. The zero-order valence-corrected chi connectivity index (χ0v) is 13.5. The van der Waals surface area contributed by atoms with Crippen LogP contribution in [0.15, 0.2) is 29.2 Å². The molecule has 0 amide bonds. The van der Waals surface area contributed by atoms with Gasteiger partial charge in [-0.25, -0.2) is 0 Å². The number of nitrogens with zero attached hydrogens (tertiary/aromatic N) is 1. The summed E-state index contributed by atoms with van der Waals surface area (Å²) >= 11 is 2.03. The summed E-state index contributed by atoms with van der Waals surface area (Å²) in [5.41, 5.74) is 1.58. The smallest absolute Gasteiger partial charge is 0.0221 e. The van der Waals surface area contributed by atoms with Crippen LogP contribution < -0.4 is 5.32 Å². The highest BCUT2D eigenvalue weighted by atomic mass is 32.2. The molecule has 2 aliphatic heterocycles. The number of benzene rings is 1. The van der Waals surface area contributed by atoms with E-state index in [1.54, 1.807) is 5.56 Å². The van der Waals surface area contributed by atoms with Gasteiger partial charge in [0, 0.05) is 48.8 Å². The molecule has 3 atom stereocenters. The molecule has 3 unspecified atom stereocenters. The standard InChI is InChI=1S/C17H26N2S/c1-3-13(2)16-11-19(9-8-18-16)10-14-12-20-17-7-5-4-6-15(14)17/h4-7,13-14,16,18H,3,8-12H2,1-2H3. The molecule has 1 N–H and O–H groups in total. The third-order valence-corrected chi connectivity index (χ3v) is 6.15. The van der Waals surface area contributed by atoms with Gasteiger partial charge in [0.1, 0.15) is 0 Å². The van der Waals surface area contributed by atoms with Crippen LogP contribution >= 0.6 is 11.8 Å². The normalized spacial score (nSPS) is 28.3. The zero-order valence-electron chi connectivity index (χ0n) is 12.6. The van der Waals surface area contributed by atoms with Crippen molar-refractivity contribution in [2.24, 2.45) is 5.92 Å². The Morgan fingerprint density at radius 2 is 2.25 bits per heavy atom. The van der Waals surface area contributed by atoms with E-state index in [9.17, 15) is 0 Å². The van der Waals surface area contributed by atoms with Crippen LogP contribution in [0.5, 0.6) is 0 Å². The Morgan fingerprint density at radius 3 is 3.10 bits per heavy atom. The van der Waals surface area contributed by atoms with Crippen LogP contribution in [0.2, 0.25) is 0 Å². The fraction of sp³-hybridized carbons (Fsp3) is 0.647. The zero-order chi connectivity index (χ0) is 13.9. The molecule has 2 aliphatic rings. The van der Waals surface area contributed by atoms with Crippen LogP contribution in [0, 0.1) is 5.92 Å². The van der Waals surface area contributed by atoms with Gasteiger partial charge < -0.3 is 5.32 Å². The molecule has 1 saturated heterocycles. The molecular formula is C17H26N2S. The van der Waals surface area contributed by atoms with Crippen molar-refractivity contribution >= 4 is 11.8 Å². The second-order valence-electron chi connectivity index (χ2n) is 6.25. The molecule has 0 spiro atoms. The minimum atomic E-state index is 0.679. The first-order chi connectivity index (χ1) is 9.78. The summed E-state index contributed by atoms with van der Waals surface area (Å²) in [6.07, 6.45) is 1.27. The average Bonchev–Trinajstić information content (AvgIpc) is 2.90. The fourth-order valence-corrected chi connectivity index (χ4v) is 4.61. The first-order valence-corrected chi connectivity index (χ1v) is 8.94. The topological polar surface area (TPSA) is 15.3 Å². The molecular weight excluding hydrogens is 264 g/mol. The van der Waals surface area contributed by atoms with Crippen molar-refractivity contribution in [3.63, 3.8) is 0 Å². The highest BCUT2D eigenvalue weighted by Crippen LogP contribution is 2.39. The molecule has 0 aliphatic carbocycles. The summed E-state index contributed by atoms with van der Waals surface area (Å²) in [6, 6.07) is 9.64. The lowest BCUT2D eigenvalue weighted by Crippen LogP contribution is -2.53. The maximum absolute atomic E-state index is 3.70. The predicted molar refractivity (Wildman–Crippen MR) is 87.6 cm³/mol. The van der Waals surface area contributed by atoms with Gasteiger partial charge in [0.15, 0.2) is 0 Å². The molecule has 0 bridgehead atoms. The Bertz CT molecular complexity index is 448. The number of hydrogen-bond acceptors (Lipinski definition) is 3. The number of fused-ring (bicyclic) bond motifs is 1. The largest absolute Gasteiger partial charge is 0.311 e. The molecule has 20 heavy (non-hydrogen) atoms. The summed E-state index contributed by atoms with van der Waals surface area (Å²) in [4.78, 5) is 4.19. The van der Waals surface area contributed by atoms with Gasteiger partial charge in [-0.3, -0.25) is 4.90 Å². The Morgan fingerprint density at radius 1 is 1.40 bits per heavy atom. The maximum Gasteiger partial charge on any atom is 0.0221 e. The summed E-state index contributed by atoms with van der Waals surface area (Å²) in [6.45, 7) is 9.49. The average molecular weight is 290 g/mol. The number of thioether (sulfide) groups is 1. The highest BCUT2D eigenvalue weighted by Gasteiger charge is 2.28. The summed E-state index contributed by atoms with van der Waals surface area (Å²) in [5, 5.41) is 3.70. The van der Waals surface area contributed by atoms with Gasteiger partial charge in [-0.05, 0) is 17.5 Å². The van der Waals surface area contributed by atoms with E-state index >= 15 is 0 Å². The lowest BCUT2D eigenvalue weighted by Gasteiger charge is -2.37. The van der Waals surface area contributed by atoms with Gasteiger partial charge in [-0.15, -0.1) is 11.8 Å². The second kappa shape index (κ2) is 6.50. The molecule has 0 aromatic heterocycles. The monoisotopic (exact) mass is 290 g/mol. The van der Waals surface area contributed by atoms with E-state index in [0.29, 0.717) is 6.04 Å². The Kier molecular flexibility index (Phi) is 4.69. The van der Waals surface area contributed by atoms with Crippen LogP contribution in [0.3, 0.4) is 0 Å². The number of nitrogens with one attached hydrogen (secondary N) is 1. The first kappa shape index (κ1) is 14.4. The van der Waals surface area contributed by atoms with E-state index in [-0.39, 0.29) is 0 Å². The van der Waals surface area contributed by atoms with E-state index in [1.165, 1.54) is 36.7 Å². The molecule has 2 heterocycles. The van der Waals surface area contributed by atoms with Crippen LogP contribution in [-0.4, -0.2) is 42.9 Å². The number of hydrogen-bond donors (Lipinski definition) is 1. The Hall–Kier alpha value is -0.510. The molecule has 2 nitrogen and oxygen atoms in total. The van der Waals surface area contributed by atoms with Crippen molar-refractivity contribution in [2.75, 3.05) is 31.9 Å². The van der Waals surface area contributed by atoms with Gasteiger partial charge in [0.25, 0.3) is 0 Å². The van der Waals surface area contributed by atoms with Crippen molar-refractivity contribution in [3.8, 4) is 0 Å². The van der Waals surface area contributed by atoms with E-state index in [1.807, 2.05) is 11.8 Å². The van der Waals surface area contributed by atoms with Crippen molar-refractivity contribution in [1.29, 1.82) is 0 Å². The van der Waals surface area contributed by atoms with Crippen LogP contribution in [0.1, 0.15) is 31.7 Å². The minimum Gasteiger partial charge on any atom is -0.311 e. The fourth-order valence-electron chi connectivity index (χ4n) is 3.37. The molecule has 1 aromatic carbocycles. The van der Waals surface area contributed by atoms with Crippen molar-refractivity contribution in [1.82, 2.24) is 10.2 Å². The van der Waals surface area contributed by atoms with E-state index < -0.39 is 0 Å². The van der Waals surface area contributed by atoms with E-state index in [4.69, 9.17) is 0 Å². The molecule has 110 valence electrons. The summed E-state index contributed by atoms with van der Waals surface area (Å²) in [5.74, 6) is 2.77. The molecule has 1 fully saturated rings. The van der Waals surface area contributed by atoms with Gasteiger partial charge in [0.05, 0.1) is 0 Å². The van der Waals surface area contributed by atoms with Crippen LogP contribution in [0.4, 0.5) is 0 Å². The lowest BCUT2D eigenvalue weighted by molar-refractivity contribution is 0.163. The quantitative estimate of drug-likeness (QED) is 0.917. The van der Waals surface area contributed by atoms with E-state index in [0.717, 1.165) is 18.4 Å². The third-order valence-electron chi connectivity index (χ3n) is 4.90. The Labute approximate surface area is 127 Å². The van der Waals surface area contributed by atoms with Crippen molar-refractivity contribution in [3.05, 3.63) is 29.8 Å². The third kappa shape index (κ3) is 3.05. The molecule has 3 heteroatoms. The second-order valence-corrected chi connectivity index (χ2v) is 7.31. The van der Waals surface area contributed by atoms with Crippen LogP contribution in [0.25, 0.3) is 0 Å². The molecule has 3 rings (SSSR count). The van der Waals surface area contributed by atoms with Gasteiger partial charge in [-0.1, -0.05) is 38.5 Å². The first-order valence-electron chi connectivity index (χ1n) is 7.95. The van der Waals surface area contributed by atoms with Gasteiger partial charge in [-0.2, -0.15) is 0 Å². The molecule has 1 aromatic rings. The van der Waals surface area contributed by atoms with Gasteiger partial charge in [0.2, 0.25) is 0 Å². The van der Waals surface area contributed by atoms with Crippen LogP contribution in [-0.2, 0) is 0 Å². The van der Waals surface area contributed by atoms with Crippen molar-refractivity contribution < 1.29 is 0 Å².